The molecule has 0 unspecified atom stereocenters. The predicted molar refractivity (Wildman–Crippen MR) is 119 cm³/mol. The van der Waals surface area contributed by atoms with Gasteiger partial charge in [0.05, 0.1) is 28.7 Å². The minimum Gasteiger partial charge on any atom is -0.459 e. The Kier molecular flexibility index (Phi) is 7.03. The van der Waals surface area contributed by atoms with E-state index in [1.165, 1.54) is 12.1 Å². The van der Waals surface area contributed by atoms with Crippen LogP contribution in [0.3, 0.4) is 0 Å². The number of carbonyl (C=O) groups is 2. The van der Waals surface area contributed by atoms with Gasteiger partial charge in [0, 0.05) is 11.1 Å². The fraction of sp³-hybridized carbons (Fsp3) is 0.190. The number of nitrogens with one attached hydrogen (secondary N) is 2. The number of benzene rings is 2. The minimum absolute atomic E-state index is 0.0271. The van der Waals surface area contributed by atoms with Crippen LogP contribution < -0.4 is 10.0 Å². The molecule has 0 aliphatic heterocycles. The average molecular weight is 460 g/mol. The highest BCUT2D eigenvalue weighted by Crippen LogP contribution is 2.21. The highest BCUT2D eigenvalue weighted by Gasteiger charge is 2.16. The van der Waals surface area contributed by atoms with Crippen LogP contribution in [0.4, 0.5) is 10.8 Å². The lowest BCUT2D eigenvalue weighted by Crippen LogP contribution is -2.16. The summed E-state index contributed by atoms with van der Waals surface area (Å²) < 4.78 is 32.2. The van der Waals surface area contributed by atoms with Crippen LogP contribution in [0.1, 0.15) is 29.9 Å². The van der Waals surface area contributed by atoms with Crippen molar-refractivity contribution in [3.63, 3.8) is 0 Å². The summed E-state index contributed by atoms with van der Waals surface area (Å²) in [6.45, 7) is 3.53. The van der Waals surface area contributed by atoms with Crippen LogP contribution in [0, 0.1) is 0 Å². The number of rotatable bonds is 8. The first-order chi connectivity index (χ1) is 14.7. The first-order valence-corrected chi connectivity index (χ1v) is 11.7. The van der Waals surface area contributed by atoms with Gasteiger partial charge in [-0.3, -0.25) is 9.52 Å². The van der Waals surface area contributed by atoms with Gasteiger partial charge in [0.15, 0.2) is 5.13 Å². The first kappa shape index (κ1) is 22.4. The molecule has 0 saturated carbocycles. The maximum atomic E-state index is 12.4. The zero-order valence-electron chi connectivity index (χ0n) is 16.9. The number of ether oxygens (including phenoxy) is 1. The third-order valence-corrected chi connectivity index (χ3v) is 6.21. The van der Waals surface area contributed by atoms with Gasteiger partial charge in [-0.2, -0.15) is 0 Å². The summed E-state index contributed by atoms with van der Waals surface area (Å²) >= 11 is 1.10. The quantitative estimate of drug-likeness (QED) is 0.497. The van der Waals surface area contributed by atoms with Gasteiger partial charge in [-0.25, -0.2) is 18.2 Å². The second kappa shape index (κ2) is 9.71. The van der Waals surface area contributed by atoms with Gasteiger partial charge >= 0.3 is 5.97 Å². The van der Waals surface area contributed by atoms with Crippen molar-refractivity contribution in [3.8, 4) is 0 Å². The summed E-state index contributed by atoms with van der Waals surface area (Å²) in [6, 6.07) is 14.3. The molecule has 0 radical (unpaired) electrons. The molecule has 0 bridgehead atoms. The summed E-state index contributed by atoms with van der Waals surface area (Å²) in [4.78, 5) is 28.4. The number of amides is 1. The van der Waals surface area contributed by atoms with Gasteiger partial charge in [0.1, 0.15) is 0 Å². The van der Waals surface area contributed by atoms with E-state index in [9.17, 15) is 18.0 Å². The Hall–Kier alpha value is -3.24. The lowest BCUT2D eigenvalue weighted by molar-refractivity contribution is -0.115. The SMILES string of the molecule is CC(C)OC(=O)c1ccc(NC(=O)Cc2csc(NS(=O)(=O)c3ccccc3)n2)cc1. The highest BCUT2D eigenvalue weighted by atomic mass is 32.2. The molecule has 31 heavy (non-hydrogen) atoms. The van der Waals surface area contributed by atoms with E-state index < -0.39 is 16.0 Å². The average Bonchev–Trinajstić information content (AvgIpc) is 3.14. The maximum Gasteiger partial charge on any atom is 0.338 e. The van der Waals surface area contributed by atoms with Gasteiger partial charge in [-0.05, 0) is 50.2 Å². The van der Waals surface area contributed by atoms with Crippen molar-refractivity contribution in [2.24, 2.45) is 0 Å². The number of carbonyl (C=O) groups excluding carboxylic acids is 2. The third kappa shape index (κ3) is 6.37. The van der Waals surface area contributed by atoms with Crippen LogP contribution in [-0.2, 0) is 26.0 Å². The van der Waals surface area contributed by atoms with Gasteiger partial charge < -0.3 is 10.1 Å². The van der Waals surface area contributed by atoms with Crippen LogP contribution in [0.5, 0.6) is 0 Å². The van der Waals surface area contributed by atoms with E-state index in [0.717, 1.165) is 11.3 Å². The number of hydrogen-bond donors (Lipinski definition) is 2. The molecule has 0 saturated heterocycles. The molecule has 8 nitrogen and oxygen atoms in total. The van der Waals surface area contributed by atoms with Crippen molar-refractivity contribution < 1.29 is 22.7 Å². The number of sulfonamides is 1. The number of nitrogens with zero attached hydrogens (tertiary/aromatic N) is 1. The zero-order valence-corrected chi connectivity index (χ0v) is 18.5. The van der Waals surface area contributed by atoms with Gasteiger partial charge in [0.25, 0.3) is 10.0 Å². The summed E-state index contributed by atoms with van der Waals surface area (Å²) in [5.74, 6) is -0.749. The summed E-state index contributed by atoms with van der Waals surface area (Å²) in [7, 11) is -3.74. The Balaban J connectivity index is 1.57. The maximum absolute atomic E-state index is 12.4. The minimum atomic E-state index is -3.74. The van der Waals surface area contributed by atoms with Crippen LogP contribution in [0.25, 0.3) is 0 Å². The van der Waals surface area contributed by atoms with Crippen LogP contribution in [0.15, 0.2) is 64.9 Å². The van der Waals surface area contributed by atoms with E-state index in [1.807, 2.05) is 0 Å². The Bertz CT molecular complexity index is 1160. The second-order valence-corrected chi connectivity index (χ2v) is 9.36. The lowest BCUT2D eigenvalue weighted by Gasteiger charge is -2.09. The van der Waals surface area contributed by atoms with Crippen LogP contribution in [0.2, 0.25) is 0 Å². The highest BCUT2D eigenvalue weighted by molar-refractivity contribution is 7.93. The number of hydrogen-bond acceptors (Lipinski definition) is 7. The van der Waals surface area contributed by atoms with Gasteiger partial charge in [0.2, 0.25) is 5.91 Å². The van der Waals surface area contributed by atoms with E-state index in [0.29, 0.717) is 16.9 Å². The molecule has 0 aliphatic carbocycles. The standard InChI is InChI=1S/C21H21N3O5S2/c1-14(2)29-20(26)15-8-10-16(11-9-15)22-19(25)12-17-13-30-21(23-17)24-31(27,28)18-6-4-3-5-7-18/h3-11,13-14H,12H2,1-2H3,(H,22,25)(H,23,24). The predicted octanol–water partition coefficient (Wildman–Crippen LogP) is 3.69. The van der Waals surface area contributed by atoms with Crippen molar-refractivity contribution in [2.45, 2.75) is 31.3 Å². The molecule has 0 atom stereocenters. The molecule has 10 heteroatoms. The number of aromatic nitrogens is 1. The molecule has 1 heterocycles. The van der Waals surface area contributed by atoms with Crippen molar-refractivity contribution in [1.29, 1.82) is 0 Å². The van der Waals surface area contributed by atoms with Crippen molar-refractivity contribution >= 4 is 44.1 Å². The summed E-state index contributed by atoms with van der Waals surface area (Å²) in [5, 5.41) is 4.51. The van der Waals surface area contributed by atoms with E-state index in [-0.39, 0.29) is 28.5 Å². The van der Waals surface area contributed by atoms with Crippen molar-refractivity contribution in [2.75, 3.05) is 10.0 Å². The monoisotopic (exact) mass is 459 g/mol. The largest absolute Gasteiger partial charge is 0.459 e. The van der Waals surface area contributed by atoms with Gasteiger partial charge in [-0.1, -0.05) is 18.2 Å². The van der Waals surface area contributed by atoms with Crippen LogP contribution >= 0.6 is 11.3 Å². The normalized spacial score (nSPS) is 11.2. The smallest absolute Gasteiger partial charge is 0.338 e. The molecule has 2 aromatic carbocycles. The lowest BCUT2D eigenvalue weighted by atomic mass is 10.2. The van der Waals surface area contributed by atoms with E-state index in [2.05, 4.69) is 15.0 Å². The third-order valence-electron chi connectivity index (χ3n) is 3.92. The number of thiazole rings is 1. The molecule has 1 amide bonds. The molecular formula is C21H21N3O5S2. The van der Waals surface area contributed by atoms with Crippen molar-refractivity contribution in [1.82, 2.24) is 4.98 Å². The Morgan fingerprint density at radius 1 is 1.06 bits per heavy atom. The Morgan fingerprint density at radius 2 is 1.74 bits per heavy atom. The summed E-state index contributed by atoms with van der Waals surface area (Å²) in [6.07, 6.45) is -0.243. The molecular weight excluding hydrogens is 438 g/mol. The fourth-order valence-corrected chi connectivity index (χ4v) is 4.53. The zero-order chi connectivity index (χ0) is 22.4. The van der Waals surface area contributed by atoms with Gasteiger partial charge in [-0.15, -0.1) is 11.3 Å². The Morgan fingerprint density at radius 3 is 2.39 bits per heavy atom. The topological polar surface area (TPSA) is 114 Å². The molecule has 3 aromatic rings. The second-order valence-electron chi connectivity index (χ2n) is 6.82. The first-order valence-electron chi connectivity index (χ1n) is 9.36. The van der Waals surface area contributed by atoms with E-state index in [1.54, 1.807) is 61.7 Å². The Labute approximate surface area is 184 Å². The molecule has 1 aromatic heterocycles. The fourth-order valence-electron chi connectivity index (χ4n) is 2.55. The molecule has 3 rings (SSSR count). The van der Waals surface area contributed by atoms with Crippen molar-refractivity contribution in [3.05, 3.63) is 71.2 Å². The number of anilines is 2. The van der Waals surface area contributed by atoms with E-state index >= 15 is 0 Å². The molecule has 162 valence electrons. The summed E-state index contributed by atoms with van der Waals surface area (Å²) in [5.41, 5.74) is 1.35. The molecule has 0 aliphatic rings. The molecule has 0 spiro atoms. The molecule has 0 fully saturated rings. The molecule has 2 N–H and O–H groups in total. The van der Waals surface area contributed by atoms with Crippen LogP contribution in [-0.4, -0.2) is 31.4 Å². The van der Waals surface area contributed by atoms with E-state index in [4.69, 9.17) is 4.74 Å². The number of esters is 1.